The number of hydrogen-bond donors (Lipinski definition) is 1. The number of benzene rings is 2. The van der Waals surface area contributed by atoms with Crippen molar-refractivity contribution in [3.63, 3.8) is 0 Å². The first kappa shape index (κ1) is 21.4. The minimum atomic E-state index is -0.744. The largest absolute Gasteiger partial charge is 0.508 e. The molecule has 0 amide bonds. The molecule has 0 spiro atoms. The third kappa shape index (κ3) is 4.41. The Balaban J connectivity index is 1.56. The number of ether oxygens (including phenoxy) is 1. The molecule has 0 bridgehead atoms. The zero-order valence-corrected chi connectivity index (χ0v) is 17.4. The van der Waals surface area contributed by atoms with Gasteiger partial charge in [-0.15, -0.1) is 0 Å². The van der Waals surface area contributed by atoms with Gasteiger partial charge in [-0.2, -0.15) is 0 Å². The molecule has 2 aromatic carbocycles. The van der Waals surface area contributed by atoms with E-state index in [-0.39, 0.29) is 29.2 Å². The van der Waals surface area contributed by atoms with E-state index in [1.807, 2.05) is 4.90 Å². The van der Waals surface area contributed by atoms with Crippen LogP contribution in [0.25, 0.3) is 11.0 Å². The molecule has 0 radical (unpaired) electrons. The molecule has 1 fully saturated rings. The van der Waals surface area contributed by atoms with E-state index in [9.17, 15) is 24.8 Å². The van der Waals surface area contributed by atoms with Crippen molar-refractivity contribution in [3.05, 3.63) is 74.1 Å². The number of piperidine rings is 1. The van der Waals surface area contributed by atoms with E-state index in [1.54, 1.807) is 12.1 Å². The number of phenols is 1. The molecule has 1 aliphatic rings. The molecule has 166 valence electrons. The van der Waals surface area contributed by atoms with Gasteiger partial charge in [-0.05, 0) is 43.0 Å². The van der Waals surface area contributed by atoms with Gasteiger partial charge in [0.2, 0.25) is 0 Å². The Morgan fingerprint density at radius 3 is 2.84 bits per heavy atom. The second-order valence-electron chi connectivity index (χ2n) is 8.00. The Kier molecular flexibility index (Phi) is 5.81. The molecule has 1 aromatic heterocycles. The second-order valence-corrected chi connectivity index (χ2v) is 8.00. The van der Waals surface area contributed by atoms with Crippen molar-refractivity contribution in [2.24, 2.45) is 5.92 Å². The van der Waals surface area contributed by atoms with Gasteiger partial charge in [-0.3, -0.25) is 10.1 Å². The zero-order valence-electron chi connectivity index (χ0n) is 17.4. The van der Waals surface area contributed by atoms with Crippen LogP contribution in [0.15, 0.2) is 51.7 Å². The first-order chi connectivity index (χ1) is 15.3. The van der Waals surface area contributed by atoms with Crippen molar-refractivity contribution in [2.75, 3.05) is 18.0 Å². The number of anilines is 1. The fourth-order valence-electron chi connectivity index (χ4n) is 4.04. The second kappa shape index (κ2) is 8.70. The van der Waals surface area contributed by atoms with E-state index in [0.717, 1.165) is 25.9 Å². The number of hydrogen-bond acceptors (Lipinski definition) is 8. The Morgan fingerprint density at radius 2 is 2.09 bits per heavy atom. The lowest BCUT2D eigenvalue weighted by Gasteiger charge is -2.32. The fraction of sp³-hybridized carbons (Fsp3) is 0.304. The molecule has 2 heterocycles. The number of rotatable bonds is 5. The maximum Gasteiger partial charge on any atom is 0.338 e. The molecule has 1 unspecified atom stereocenters. The summed E-state index contributed by atoms with van der Waals surface area (Å²) in [5, 5.41) is 21.8. The molecule has 9 heteroatoms. The van der Waals surface area contributed by atoms with E-state index in [0.29, 0.717) is 22.6 Å². The molecule has 1 N–H and O–H groups in total. The van der Waals surface area contributed by atoms with E-state index < -0.39 is 16.5 Å². The summed E-state index contributed by atoms with van der Waals surface area (Å²) in [5.41, 5.74) is 0.317. The van der Waals surface area contributed by atoms with Crippen molar-refractivity contribution in [3.8, 4) is 5.75 Å². The van der Waals surface area contributed by atoms with Crippen LogP contribution in [-0.2, 0) is 11.3 Å². The van der Waals surface area contributed by atoms with Crippen LogP contribution in [-0.4, -0.2) is 29.1 Å². The normalized spacial score (nSPS) is 16.2. The number of aromatic hydroxyl groups is 1. The first-order valence-electron chi connectivity index (χ1n) is 10.3. The standard InChI is InChI=1S/C23H22N2O7/c1-14-3-2-8-24(12-14)19-7-4-15(9-20(19)25(29)30)23(28)31-13-16-10-22(27)32-21-11-17(26)5-6-18(16)21/h4-7,9-11,14,26H,2-3,8,12-13H2,1H3. The van der Waals surface area contributed by atoms with Crippen molar-refractivity contribution in [1.82, 2.24) is 0 Å². The molecule has 0 aliphatic carbocycles. The number of fused-ring (bicyclic) bond motifs is 1. The van der Waals surface area contributed by atoms with Gasteiger partial charge >= 0.3 is 11.6 Å². The monoisotopic (exact) mass is 438 g/mol. The number of phenolic OH excluding ortho intramolecular Hbond substituents is 1. The van der Waals surface area contributed by atoms with Crippen LogP contribution in [0, 0.1) is 16.0 Å². The van der Waals surface area contributed by atoms with Crippen molar-refractivity contribution in [1.29, 1.82) is 0 Å². The van der Waals surface area contributed by atoms with Crippen LogP contribution in [0.2, 0.25) is 0 Å². The quantitative estimate of drug-likeness (QED) is 0.274. The molecule has 32 heavy (non-hydrogen) atoms. The van der Waals surface area contributed by atoms with E-state index in [4.69, 9.17) is 9.15 Å². The molecule has 9 nitrogen and oxygen atoms in total. The number of nitro groups is 1. The average molecular weight is 438 g/mol. The van der Waals surface area contributed by atoms with E-state index in [1.165, 1.54) is 30.3 Å². The Bertz CT molecular complexity index is 1250. The van der Waals surface area contributed by atoms with Crippen LogP contribution >= 0.6 is 0 Å². The predicted molar refractivity (Wildman–Crippen MR) is 117 cm³/mol. The molecule has 4 rings (SSSR count). The Labute approximate surface area is 183 Å². The number of nitro benzene ring substituents is 1. The van der Waals surface area contributed by atoms with E-state index >= 15 is 0 Å². The summed E-state index contributed by atoms with van der Waals surface area (Å²) in [6, 6.07) is 9.81. The van der Waals surface area contributed by atoms with Crippen molar-refractivity contribution in [2.45, 2.75) is 26.4 Å². The van der Waals surface area contributed by atoms with Crippen LogP contribution in [0.4, 0.5) is 11.4 Å². The zero-order chi connectivity index (χ0) is 22.8. The lowest BCUT2D eigenvalue weighted by Crippen LogP contribution is -2.34. The first-order valence-corrected chi connectivity index (χ1v) is 10.3. The average Bonchev–Trinajstić information content (AvgIpc) is 2.76. The van der Waals surface area contributed by atoms with Gasteiger partial charge in [0.15, 0.2) is 0 Å². The number of carbonyl (C=O) groups excluding carboxylic acids is 1. The van der Waals surface area contributed by atoms with Crippen LogP contribution in [0.5, 0.6) is 5.75 Å². The maximum absolute atomic E-state index is 12.6. The lowest BCUT2D eigenvalue weighted by atomic mass is 9.99. The minimum absolute atomic E-state index is 0.0513. The summed E-state index contributed by atoms with van der Waals surface area (Å²) in [4.78, 5) is 37.6. The third-order valence-corrected chi connectivity index (χ3v) is 5.58. The summed E-state index contributed by atoms with van der Waals surface area (Å²) in [5.74, 6) is -0.370. The Morgan fingerprint density at radius 1 is 1.28 bits per heavy atom. The van der Waals surface area contributed by atoms with Gasteiger partial charge in [0.1, 0.15) is 23.6 Å². The molecule has 3 aromatic rings. The Hall–Kier alpha value is -3.88. The lowest BCUT2D eigenvalue weighted by molar-refractivity contribution is -0.384. The molecule has 1 aliphatic heterocycles. The van der Waals surface area contributed by atoms with Crippen LogP contribution < -0.4 is 10.5 Å². The number of carbonyl (C=O) groups is 1. The smallest absolute Gasteiger partial charge is 0.338 e. The predicted octanol–water partition coefficient (Wildman–Crippen LogP) is 4.00. The van der Waals surface area contributed by atoms with E-state index in [2.05, 4.69) is 6.92 Å². The van der Waals surface area contributed by atoms with Crippen molar-refractivity contribution < 1.29 is 24.0 Å². The molecule has 1 atom stereocenters. The summed E-state index contributed by atoms with van der Waals surface area (Å²) in [6.45, 7) is 3.34. The van der Waals surface area contributed by atoms with Gasteiger partial charge < -0.3 is 19.2 Å². The summed E-state index contributed by atoms with van der Waals surface area (Å²) >= 11 is 0. The van der Waals surface area contributed by atoms with Crippen molar-refractivity contribution >= 4 is 28.3 Å². The topological polar surface area (TPSA) is 123 Å². The fourth-order valence-corrected chi connectivity index (χ4v) is 4.04. The summed E-state index contributed by atoms with van der Waals surface area (Å²) in [7, 11) is 0. The SMILES string of the molecule is CC1CCCN(c2ccc(C(=O)OCc3cc(=O)oc4cc(O)ccc34)cc2[N+](=O)[O-])C1. The summed E-state index contributed by atoms with van der Waals surface area (Å²) < 4.78 is 10.4. The minimum Gasteiger partial charge on any atom is -0.508 e. The third-order valence-electron chi connectivity index (χ3n) is 5.58. The molecular weight excluding hydrogens is 416 g/mol. The number of nitrogens with zero attached hydrogens (tertiary/aromatic N) is 2. The summed E-state index contributed by atoms with van der Waals surface area (Å²) in [6.07, 6.45) is 2.04. The highest BCUT2D eigenvalue weighted by molar-refractivity contribution is 5.91. The van der Waals surface area contributed by atoms with Crippen LogP contribution in [0.1, 0.15) is 35.7 Å². The van der Waals surface area contributed by atoms with Gasteiger partial charge in [0.25, 0.3) is 5.69 Å². The van der Waals surface area contributed by atoms with Crippen LogP contribution in [0.3, 0.4) is 0 Å². The van der Waals surface area contributed by atoms with Gasteiger partial charge in [0.05, 0.1) is 10.5 Å². The van der Waals surface area contributed by atoms with Gasteiger partial charge in [0, 0.05) is 42.2 Å². The van der Waals surface area contributed by atoms with Gasteiger partial charge in [-0.1, -0.05) is 6.92 Å². The highest BCUT2D eigenvalue weighted by atomic mass is 16.6. The molecule has 0 saturated carbocycles. The van der Waals surface area contributed by atoms with Gasteiger partial charge in [-0.25, -0.2) is 9.59 Å². The number of esters is 1. The maximum atomic E-state index is 12.6. The molecular formula is C23H22N2O7. The highest BCUT2D eigenvalue weighted by Gasteiger charge is 2.25. The molecule has 1 saturated heterocycles. The highest BCUT2D eigenvalue weighted by Crippen LogP contribution is 2.33.